The molecule has 168 valence electrons. The van der Waals surface area contributed by atoms with E-state index in [1.165, 1.54) is 31.4 Å². The first-order valence-corrected chi connectivity index (χ1v) is 10.6. The molecule has 3 rings (SSSR count). The van der Waals surface area contributed by atoms with E-state index in [-0.39, 0.29) is 28.0 Å². The Balaban J connectivity index is 1.84. The standard InChI is InChI=1S/C22H19N5O5S/c1-3-18(21(29)24-14-6-8-15(9-7-14)27(30)31)33-22-25-19(17(12-23)20(28)26-22)13-4-10-16(32-2)11-5-13/h4-11,18H,3H2,1-2H3,(H,24,29)(H,25,26,28)/t18-/m0/s1. The zero-order chi connectivity index (χ0) is 24.0. The van der Waals surface area contributed by atoms with E-state index in [2.05, 4.69) is 15.3 Å². The van der Waals surface area contributed by atoms with E-state index < -0.39 is 15.7 Å². The fourth-order valence-electron chi connectivity index (χ4n) is 2.92. The van der Waals surface area contributed by atoms with Crippen LogP contribution in [-0.2, 0) is 4.79 Å². The molecule has 0 spiro atoms. The van der Waals surface area contributed by atoms with Crippen molar-refractivity contribution in [2.45, 2.75) is 23.8 Å². The lowest BCUT2D eigenvalue weighted by Gasteiger charge is -2.15. The molecule has 3 aromatic rings. The number of nitro benzene ring substituents is 1. The number of amides is 1. The van der Waals surface area contributed by atoms with Crippen LogP contribution in [0.3, 0.4) is 0 Å². The summed E-state index contributed by atoms with van der Waals surface area (Å²) in [5.74, 6) is 0.264. The number of anilines is 1. The van der Waals surface area contributed by atoms with Gasteiger partial charge in [-0.1, -0.05) is 18.7 Å². The Morgan fingerprint density at radius 3 is 2.48 bits per heavy atom. The van der Waals surface area contributed by atoms with Gasteiger partial charge >= 0.3 is 0 Å². The Hall–Kier alpha value is -4.17. The lowest BCUT2D eigenvalue weighted by atomic mass is 10.1. The largest absolute Gasteiger partial charge is 0.497 e. The van der Waals surface area contributed by atoms with Gasteiger partial charge in [-0.05, 0) is 42.8 Å². The summed E-state index contributed by atoms with van der Waals surface area (Å²) in [6.45, 7) is 1.80. The zero-order valence-corrected chi connectivity index (χ0v) is 18.5. The number of ether oxygens (including phenoxy) is 1. The molecule has 1 heterocycles. The smallest absolute Gasteiger partial charge is 0.270 e. The van der Waals surface area contributed by atoms with E-state index >= 15 is 0 Å². The normalized spacial score (nSPS) is 11.3. The van der Waals surface area contributed by atoms with Crippen LogP contribution in [0.5, 0.6) is 5.75 Å². The van der Waals surface area contributed by atoms with Crippen molar-refractivity contribution in [1.82, 2.24) is 9.97 Å². The van der Waals surface area contributed by atoms with Crippen LogP contribution < -0.4 is 15.6 Å². The summed E-state index contributed by atoms with van der Waals surface area (Å²) in [7, 11) is 1.53. The number of non-ortho nitro benzene ring substituents is 1. The van der Waals surface area contributed by atoms with Crippen LogP contribution in [0.25, 0.3) is 11.3 Å². The molecular formula is C22H19N5O5S. The quantitative estimate of drug-likeness (QED) is 0.221. The first kappa shape index (κ1) is 23.5. The predicted octanol–water partition coefficient (Wildman–Crippen LogP) is 3.73. The van der Waals surface area contributed by atoms with Gasteiger partial charge in [0.2, 0.25) is 5.91 Å². The van der Waals surface area contributed by atoms with Crippen molar-refractivity contribution in [2.75, 3.05) is 12.4 Å². The molecule has 2 aromatic carbocycles. The SMILES string of the molecule is CC[C@H](Sc1nc(-c2ccc(OC)cc2)c(C#N)c(=O)[nH]1)C(=O)Nc1ccc([N+](=O)[O-])cc1. The molecule has 0 saturated carbocycles. The summed E-state index contributed by atoms with van der Waals surface area (Å²) in [5.41, 5.74) is 0.352. The van der Waals surface area contributed by atoms with E-state index in [9.17, 15) is 25.0 Å². The number of methoxy groups -OCH3 is 1. The van der Waals surface area contributed by atoms with Crippen LogP contribution in [0.15, 0.2) is 58.5 Å². The van der Waals surface area contributed by atoms with Crippen LogP contribution in [-0.4, -0.2) is 33.2 Å². The summed E-state index contributed by atoms with van der Waals surface area (Å²) < 4.78 is 5.13. The van der Waals surface area contributed by atoms with Crippen LogP contribution in [0.1, 0.15) is 18.9 Å². The fourth-order valence-corrected chi connectivity index (χ4v) is 3.81. The molecule has 0 radical (unpaired) electrons. The third-order valence-electron chi connectivity index (χ3n) is 4.64. The molecule has 11 heteroatoms. The van der Waals surface area contributed by atoms with E-state index in [1.807, 2.05) is 6.07 Å². The number of rotatable bonds is 8. The van der Waals surface area contributed by atoms with Crippen molar-refractivity contribution in [3.05, 3.63) is 74.6 Å². The number of nitriles is 1. The van der Waals surface area contributed by atoms with E-state index in [0.717, 1.165) is 11.8 Å². The van der Waals surface area contributed by atoms with Gasteiger partial charge in [0, 0.05) is 23.4 Å². The molecule has 0 unspecified atom stereocenters. The summed E-state index contributed by atoms with van der Waals surface area (Å²) in [6, 6.07) is 14.1. The highest BCUT2D eigenvalue weighted by Gasteiger charge is 2.22. The highest BCUT2D eigenvalue weighted by molar-refractivity contribution is 8.00. The molecule has 10 nitrogen and oxygen atoms in total. The Labute approximate surface area is 192 Å². The monoisotopic (exact) mass is 465 g/mol. The molecular weight excluding hydrogens is 446 g/mol. The maximum absolute atomic E-state index is 12.7. The molecule has 33 heavy (non-hydrogen) atoms. The van der Waals surface area contributed by atoms with Gasteiger partial charge in [0.15, 0.2) is 5.16 Å². The number of thioether (sulfide) groups is 1. The van der Waals surface area contributed by atoms with Crippen LogP contribution >= 0.6 is 11.8 Å². The lowest BCUT2D eigenvalue weighted by molar-refractivity contribution is -0.384. The molecule has 0 aliphatic heterocycles. The number of hydrogen-bond acceptors (Lipinski definition) is 8. The number of nitro groups is 1. The minimum atomic E-state index is -0.611. The molecule has 0 saturated heterocycles. The maximum atomic E-state index is 12.7. The molecule has 0 aliphatic carbocycles. The number of aromatic amines is 1. The van der Waals surface area contributed by atoms with Crippen LogP contribution in [0, 0.1) is 21.4 Å². The van der Waals surface area contributed by atoms with Gasteiger partial charge in [-0.2, -0.15) is 5.26 Å². The first-order valence-electron chi connectivity index (χ1n) is 9.77. The summed E-state index contributed by atoms with van der Waals surface area (Å²) in [5, 5.41) is 22.5. The zero-order valence-electron chi connectivity index (χ0n) is 17.7. The fraction of sp³-hybridized carbons (Fsp3) is 0.182. The Kier molecular flexibility index (Phi) is 7.42. The third kappa shape index (κ3) is 5.55. The lowest BCUT2D eigenvalue weighted by Crippen LogP contribution is -2.25. The Bertz CT molecular complexity index is 1270. The van der Waals surface area contributed by atoms with E-state index in [1.54, 1.807) is 31.2 Å². The van der Waals surface area contributed by atoms with Gasteiger partial charge in [-0.15, -0.1) is 0 Å². The number of carbonyl (C=O) groups excluding carboxylic acids is 1. The number of carbonyl (C=O) groups is 1. The van der Waals surface area contributed by atoms with Crippen molar-refractivity contribution < 1.29 is 14.5 Å². The topological polar surface area (TPSA) is 151 Å². The van der Waals surface area contributed by atoms with Gasteiger partial charge in [-0.3, -0.25) is 19.7 Å². The van der Waals surface area contributed by atoms with E-state index in [0.29, 0.717) is 23.4 Å². The molecule has 1 amide bonds. The van der Waals surface area contributed by atoms with Gasteiger partial charge in [0.05, 0.1) is 23.0 Å². The van der Waals surface area contributed by atoms with Gasteiger partial charge < -0.3 is 15.0 Å². The first-order chi connectivity index (χ1) is 15.9. The molecule has 0 bridgehead atoms. The predicted molar refractivity (Wildman–Crippen MR) is 123 cm³/mol. The third-order valence-corrected chi connectivity index (χ3v) is 5.88. The number of aromatic nitrogens is 2. The van der Waals surface area contributed by atoms with Gasteiger partial charge in [0.25, 0.3) is 11.2 Å². The van der Waals surface area contributed by atoms with Gasteiger partial charge in [-0.25, -0.2) is 4.98 Å². The van der Waals surface area contributed by atoms with E-state index in [4.69, 9.17) is 4.74 Å². The number of benzene rings is 2. The number of nitrogens with zero attached hydrogens (tertiary/aromatic N) is 3. The summed E-state index contributed by atoms with van der Waals surface area (Å²) >= 11 is 1.05. The van der Waals surface area contributed by atoms with Crippen LogP contribution in [0.2, 0.25) is 0 Å². The second-order valence-electron chi connectivity index (χ2n) is 6.74. The van der Waals surface area contributed by atoms with Crippen molar-refractivity contribution in [1.29, 1.82) is 5.26 Å². The summed E-state index contributed by atoms with van der Waals surface area (Å²) in [4.78, 5) is 42.5. The second kappa shape index (κ2) is 10.4. The van der Waals surface area contributed by atoms with Crippen molar-refractivity contribution in [3.63, 3.8) is 0 Å². The highest BCUT2D eigenvalue weighted by Crippen LogP contribution is 2.27. The van der Waals surface area contributed by atoms with Crippen molar-refractivity contribution in [2.24, 2.45) is 0 Å². The number of H-pyrrole nitrogens is 1. The molecule has 0 fully saturated rings. The molecule has 2 N–H and O–H groups in total. The second-order valence-corrected chi connectivity index (χ2v) is 7.93. The average Bonchev–Trinajstić information content (AvgIpc) is 2.82. The van der Waals surface area contributed by atoms with Crippen molar-refractivity contribution >= 4 is 29.0 Å². The Morgan fingerprint density at radius 2 is 1.94 bits per heavy atom. The maximum Gasteiger partial charge on any atom is 0.270 e. The molecule has 1 aromatic heterocycles. The number of hydrogen-bond donors (Lipinski definition) is 2. The summed E-state index contributed by atoms with van der Waals surface area (Å²) in [6.07, 6.45) is 0.422. The highest BCUT2D eigenvalue weighted by atomic mass is 32.2. The van der Waals surface area contributed by atoms with Crippen LogP contribution in [0.4, 0.5) is 11.4 Å². The molecule has 1 atom stereocenters. The minimum Gasteiger partial charge on any atom is -0.497 e. The molecule has 0 aliphatic rings. The van der Waals surface area contributed by atoms with Crippen molar-refractivity contribution in [3.8, 4) is 23.1 Å². The Morgan fingerprint density at radius 1 is 1.27 bits per heavy atom. The number of nitrogens with one attached hydrogen (secondary N) is 2. The average molecular weight is 465 g/mol. The van der Waals surface area contributed by atoms with Gasteiger partial charge in [0.1, 0.15) is 17.4 Å². The minimum absolute atomic E-state index is 0.0835.